The molecule has 6 aromatic rings. The van der Waals surface area contributed by atoms with Gasteiger partial charge in [0.1, 0.15) is 30.5 Å². The molecule has 458 valence electrons. The maximum Gasteiger partial charge on any atom is 0.405 e. The number of rotatable bonds is 16. The molecule has 5 aliphatic heterocycles. The number of nitrogens with one attached hydrogen (secondary N) is 1. The summed E-state index contributed by atoms with van der Waals surface area (Å²) >= 11 is 6.83. The molecule has 4 aromatic carbocycles. The van der Waals surface area contributed by atoms with E-state index in [2.05, 4.69) is 72.6 Å². The zero-order valence-corrected chi connectivity index (χ0v) is 49.9. The van der Waals surface area contributed by atoms with Gasteiger partial charge < -0.3 is 39.9 Å². The van der Waals surface area contributed by atoms with Gasteiger partial charge in [-0.1, -0.05) is 68.4 Å². The number of piperidine rings is 1. The third-order valence-corrected chi connectivity index (χ3v) is 18.2. The van der Waals surface area contributed by atoms with Crippen LogP contribution in [0.25, 0.3) is 27.8 Å². The van der Waals surface area contributed by atoms with E-state index in [1.807, 2.05) is 54.4 Å². The predicted octanol–water partition coefficient (Wildman–Crippen LogP) is 7.55. The van der Waals surface area contributed by atoms with Crippen LogP contribution in [0.4, 0.5) is 24.7 Å². The summed E-state index contributed by atoms with van der Waals surface area (Å²) in [5.74, 6) is -1.47. The van der Waals surface area contributed by atoms with Crippen LogP contribution < -0.4 is 19.9 Å². The van der Waals surface area contributed by atoms with Crippen LogP contribution in [-0.4, -0.2) is 194 Å². The fourth-order valence-corrected chi connectivity index (χ4v) is 13.4. The van der Waals surface area contributed by atoms with Crippen molar-refractivity contribution in [1.82, 2.24) is 54.5 Å². The summed E-state index contributed by atoms with van der Waals surface area (Å²) in [7, 11) is 2.12. The van der Waals surface area contributed by atoms with Crippen molar-refractivity contribution in [2.24, 2.45) is 5.92 Å². The number of likely N-dealkylation sites (N-methyl/N-ethyl adjacent to an activating group) is 1. The molecular weight excluding hydrogens is 1140 g/mol. The van der Waals surface area contributed by atoms with Crippen molar-refractivity contribution in [2.45, 2.75) is 89.3 Å². The van der Waals surface area contributed by atoms with Crippen LogP contribution >= 0.6 is 11.6 Å². The van der Waals surface area contributed by atoms with E-state index in [4.69, 9.17) is 26.3 Å². The van der Waals surface area contributed by atoms with Crippen molar-refractivity contribution in [3.05, 3.63) is 119 Å². The van der Waals surface area contributed by atoms with Crippen molar-refractivity contribution >= 4 is 51.6 Å². The van der Waals surface area contributed by atoms with Crippen LogP contribution in [-0.2, 0) is 29.1 Å². The minimum atomic E-state index is -4.67. The lowest BCUT2D eigenvalue weighted by molar-refractivity contribution is -0.139. The number of ether oxygens (including phenoxy) is 1. The molecule has 5 aliphatic rings. The molecule has 20 nitrogen and oxygen atoms in total. The topological polar surface area (TPSA) is 216 Å². The molecule has 3 amide bonds. The highest BCUT2D eigenvalue weighted by Gasteiger charge is 2.39. The summed E-state index contributed by atoms with van der Waals surface area (Å²) in [4.78, 5) is 65.6. The first-order chi connectivity index (χ1) is 41.8. The van der Waals surface area contributed by atoms with E-state index in [0.29, 0.717) is 107 Å². The molecule has 11 rings (SSSR count). The molecule has 0 spiro atoms. The molecule has 3 N–H and O–H groups in total. The smallest absolute Gasteiger partial charge is 0.405 e. The predicted molar refractivity (Wildman–Crippen MR) is 323 cm³/mol. The number of hydrogen-bond acceptors (Lipinski definition) is 16. The van der Waals surface area contributed by atoms with Gasteiger partial charge in [0.2, 0.25) is 17.6 Å². The molecule has 4 fully saturated rings. The third-order valence-electron chi connectivity index (χ3n) is 17.8. The van der Waals surface area contributed by atoms with E-state index >= 15 is 0 Å². The zero-order chi connectivity index (χ0) is 61.3. The van der Waals surface area contributed by atoms with Gasteiger partial charge in [-0.3, -0.25) is 33.7 Å². The number of phenolic OH excluding ortho intramolecular Hbond substituents is 2. The second-order valence-corrected chi connectivity index (χ2v) is 24.1. The van der Waals surface area contributed by atoms with Crippen molar-refractivity contribution in [3.8, 4) is 40.7 Å². The number of aromatic nitrogens is 5. The van der Waals surface area contributed by atoms with Gasteiger partial charge in [0.15, 0.2) is 5.82 Å². The molecule has 0 radical (unpaired) electrons. The number of aromatic hydroxyl groups is 2. The second-order valence-electron chi connectivity index (χ2n) is 23.7. The van der Waals surface area contributed by atoms with Crippen LogP contribution in [0.1, 0.15) is 78.5 Å². The average Bonchev–Trinajstić information content (AvgIpc) is 2.81. The molecule has 0 unspecified atom stereocenters. The van der Waals surface area contributed by atoms with Crippen molar-refractivity contribution in [2.75, 3.05) is 102 Å². The van der Waals surface area contributed by atoms with E-state index in [9.17, 15) is 43.0 Å². The minimum absolute atomic E-state index is 0.00120. The van der Waals surface area contributed by atoms with Gasteiger partial charge in [0.05, 0.1) is 41.4 Å². The van der Waals surface area contributed by atoms with Gasteiger partial charge in [-0.25, -0.2) is 0 Å². The first-order valence-corrected chi connectivity index (χ1v) is 30.1. The van der Waals surface area contributed by atoms with Crippen LogP contribution in [0, 0.1) is 17.2 Å². The molecular formula is C63H72ClF3N14O6. The summed E-state index contributed by atoms with van der Waals surface area (Å²) in [6.45, 7) is 14.4. The molecule has 87 heavy (non-hydrogen) atoms. The first-order valence-electron chi connectivity index (χ1n) is 29.8. The van der Waals surface area contributed by atoms with Crippen LogP contribution in [0.5, 0.6) is 17.5 Å². The highest BCUT2D eigenvalue weighted by molar-refractivity contribution is 6.36. The maximum atomic E-state index is 14.1. The Hall–Kier alpha value is -8.04. The molecule has 0 saturated carbocycles. The Morgan fingerprint density at radius 2 is 1.64 bits per heavy atom. The number of phenols is 2. The van der Waals surface area contributed by atoms with E-state index in [-0.39, 0.29) is 65.0 Å². The molecule has 2 aromatic heterocycles. The number of nitrogens with zero attached hydrogens (tertiary/aromatic N) is 13. The summed E-state index contributed by atoms with van der Waals surface area (Å²) in [5.41, 5.74) is 4.85. The Morgan fingerprint density at radius 3 is 2.36 bits per heavy atom. The Bertz CT molecular complexity index is 3580. The first kappa shape index (κ1) is 60.6. The summed E-state index contributed by atoms with van der Waals surface area (Å²) in [6.07, 6.45) is -0.0670. The van der Waals surface area contributed by atoms with Crippen molar-refractivity contribution in [3.63, 3.8) is 0 Å². The Kier molecular flexibility index (Phi) is 17.9. The Labute approximate surface area is 508 Å². The summed E-state index contributed by atoms with van der Waals surface area (Å²) < 4.78 is 47.4. The summed E-state index contributed by atoms with van der Waals surface area (Å²) in [6, 6.07) is 24.6. The number of hydrogen-bond donors (Lipinski definition) is 3. The van der Waals surface area contributed by atoms with Crippen LogP contribution in [0.2, 0.25) is 5.02 Å². The number of fused-ring (bicyclic) bond motifs is 2. The molecule has 24 heteroatoms. The zero-order valence-electron chi connectivity index (χ0n) is 49.1. The van der Waals surface area contributed by atoms with Gasteiger partial charge in [0.25, 0.3) is 5.91 Å². The number of benzene rings is 4. The Morgan fingerprint density at radius 1 is 0.897 bits per heavy atom. The fraction of sp³-hybridized carbons (Fsp3) is 0.460. The van der Waals surface area contributed by atoms with Crippen molar-refractivity contribution in [1.29, 1.82) is 5.26 Å². The number of nitriles is 1. The molecule has 0 aliphatic carbocycles. The number of anilines is 2. The number of halogens is 4. The number of piperazine rings is 2. The minimum Gasteiger partial charge on any atom is -0.508 e. The standard InChI is InChI=1S/C63H72ClF3N14O6/c1-5-55(84)80-29-28-79(35-44(80)16-20-68)57-47-19-23-78(52-11-7-9-41-8-6-10-50(64)56(41)52)36-51(47)70-62(71-57)87-37-46-30-45(34-74(46)4)76-21-17-42(18-22-76)61(86)77-26-24-75(25-27-77)33-40-12-14-43(15-13-40)81-58(49-31-48(39(2)3)53(82)32-54(49)83)72-73-59(81)60(85)69-38-63(65,66)67/h5-15,31-32,39,42,44-46,82-83H,1,16-19,21-30,33-38H2,2-4H3,(H,69,85)/t44-,45-,46-/m0/s1. The maximum absolute atomic E-state index is 14.1. The van der Waals surface area contributed by atoms with Gasteiger partial charge in [-0.05, 0) is 105 Å². The third kappa shape index (κ3) is 13.1. The van der Waals surface area contributed by atoms with E-state index in [1.165, 1.54) is 16.7 Å². The quantitative estimate of drug-likeness (QED) is 0.0798. The highest BCUT2D eigenvalue weighted by Crippen LogP contribution is 2.40. The monoisotopic (exact) mass is 1210 g/mol. The van der Waals surface area contributed by atoms with Gasteiger partial charge in [0, 0.05) is 112 Å². The number of alkyl halides is 3. The lowest BCUT2D eigenvalue weighted by Crippen LogP contribution is -2.55. The van der Waals surface area contributed by atoms with E-state index < -0.39 is 24.5 Å². The molecule has 0 bridgehead atoms. The second kappa shape index (κ2) is 25.7. The highest BCUT2D eigenvalue weighted by atomic mass is 35.5. The van der Waals surface area contributed by atoms with Gasteiger partial charge >= 0.3 is 12.2 Å². The van der Waals surface area contributed by atoms with Gasteiger partial charge in [-0.2, -0.15) is 28.4 Å². The SMILES string of the molecule is C=CC(=O)N1CCN(c2nc(OC[C@@H]3C[C@H](N4CCC(C(=O)N5CCN(Cc6ccc(-n7c(C(=O)NCC(F)(F)F)nnc7-c7cc(C(C)C)c(O)cc7O)cc6)CC5)CC4)CN3C)nc3c2CCN(c2cccc4cccc(Cl)c24)C3)C[C@@H]1CC#N. The number of likely N-dealkylation sites (tertiary alicyclic amines) is 2. The Balaban J connectivity index is 0.694. The van der Waals surface area contributed by atoms with Gasteiger partial charge in [-0.15, -0.1) is 10.2 Å². The normalized spacial score (nSPS) is 20.0. The molecule has 3 atom stereocenters. The van der Waals surface area contributed by atoms with E-state index in [1.54, 1.807) is 17.0 Å². The number of carbonyl (C=O) groups is 3. The fourth-order valence-electron chi connectivity index (χ4n) is 13.1. The van der Waals surface area contributed by atoms with Crippen LogP contribution in [0.15, 0.2) is 85.5 Å². The lowest BCUT2D eigenvalue weighted by atomic mass is 9.93. The van der Waals surface area contributed by atoms with E-state index in [0.717, 1.165) is 84.1 Å². The lowest BCUT2D eigenvalue weighted by Gasteiger charge is -2.42. The number of amides is 3. The van der Waals surface area contributed by atoms with Crippen molar-refractivity contribution < 1.29 is 42.5 Å². The molecule has 4 saturated heterocycles. The number of carbonyl (C=O) groups excluding carboxylic acids is 3. The largest absolute Gasteiger partial charge is 0.508 e. The summed E-state index contributed by atoms with van der Waals surface area (Å²) in [5, 5.41) is 43.9. The average molecular weight is 1210 g/mol. The van der Waals surface area contributed by atoms with Crippen LogP contribution in [0.3, 0.4) is 0 Å². The molecule has 7 heterocycles.